The molecule has 0 aliphatic carbocycles. The van der Waals surface area contributed by atoms with Crippen LogP contribution in [0, 0.1) is 5.82 Å². The maximum absolute atomic E-state index is 14.0. The normalized spacial score (nSPS) is 17.6. The van der Waals surface area contributed by atoms with Crippen LogP contribution in [0.1, 0.15) is 17.3 Å². The molecule has 1 aliphatic heterocycles. The molecule has 25 heavy (non-hydrogen) atoms. The highest BCUT2D eigenvalue weighted by molar-refractivity contribution is 6.04. The number of amides is 2. The molecular weight excluding hydrogens is 323 g/mol. The van der Waals surface area contributed by atoms with Crippen LogP contribution in [0.3, 0.4) is 0 Å². The molecule has 1 saturated heterocycles. The first-order valence-corrected chi connectivity index (χ1v) is 8.04. The summed E-state index contributed by atoms with van der Waals surface area (Å²) in [7, 11) is 1.50. The average molecular weight is 342 g/mol. The highest BCUT2D eigenvalue weighted by atomic mass is 19.1. The maximum Gasteiger partial charge on any atom is 0.258 e. The van der Waals surface area contributed by atoms with Crippen molar-refractivity contribution in [3.05, 3.63) is 59.9 Å². The number of carbonyl (C=O) groups is 2. The first kappa shape index (κ1) is 17.0. The number of rotatable bonds is 3. The second-order valence-electron chi connectivity index (χ2n) is 5.82. The Balaban J connectivity index is 1.85. The number of halogens is 1. The Morgan fingerprint density at radius 3 is 2.52 bits per heavy atom. The van der Waals surface area contributed by atoms with Crippen LogP contribution in [0.2, 0.25) is 0 Å². The van der Waals surface area contributed by atoms with Gasteiger partial charge in [-0.15, -0.1) is 0 Å². The molecule has 1 fully saturated rings. The topological polar surface area (TPSA) is 49.9 Å². The molecule has 1 atom stereocenters. The lowest BCUT2D eigenvalue weighted by Gasteiger charge is -2.39. The Labute approximate surface area is 145 Å². The van der Waals surface area contributed by atoms with E-state index in [-0.39, 0.29) is 24.0 Å². The first-order valence-electron chi connectivity index (χ1n) is 8.04. The van der Waals surface area contributed by atoms with Crippen molar-refractivity contribution >= 4 is 17.5 Å². The zero-order valence-electron chi connectivity index (χ0n) is 14.1. The van der Waals surface area contributed by atoms with Crippen molar-refractivity contribution in [2.24, 2.45) is 0 Å². The van der Waals surface area contributed by atoms with Crippen molar-refractivity contribution in [3.8, 4) is 5.75 Å². The van der Waals surface area contributed by atoms with Crippen molar-refractivity contribution in [1.29, 1.82) is 0 Å². The van der Waals surface area contributed by atoms with Crippen LogP contribution in [0.4, 0.5) is 10.1 Å². The summed E-state index contributed by atoms with van der Waals surface area (Å²) >= 11 is 0. The summed E-state index contributed by atoms with van der Waals surface area (Å²) in [6, 6.07) is 12.4. The molecule has 1 unspecified atom stereocenters. The molecule has 0 aromatic heterocycles. The molecule has 3 rings (SSSR count). The fraction of sp³-hybridized carbons (Fsp3) is 0.263. The highest BCUT2D eigenvalue weighted by Crippen LogP contribution is 2.26. The Hall–Kier alpha value is -2.89. The first-order chi connectivity index (χ1) is 12.0. The van der Waals surface area contributed by atoms with Crippen LogP contribution in [0.25, 0.3) is 0 Å². The molecule has 0 spiro atoms. The van der Waals surface area contributed by atoms with Gasteiger partial charge >= 0.3 is 0 Å². The minimum Gasteiger partial charge on any atom is -0.496 e. The number of methoxy groups -OCH3 is 1. The number of hydrogen-bond acceptors (Lipinski definition) is 3. The van der Waals surface area contributed by atoms with E-state index in [1.54, 1.807) is 49.4 Å². The number of para-hydroxylation sites is 2. The van der Waals surface area contributed by atoms with E-state index < -0.39 is 11.9 Å². The monoisotopic (exact) mass is 342 g/mol. The number of ether oxygens (including phenoxy) is 1. The van der Waals surface area contributed by atoms with Crippen molar-refractivity contribution in [1.82, 2.24) is 4.90 Å². The van der Waals surface area contributed by atoms with Gasteiger partial charge in [0, 0.05) is 13.1 Å². The van der Waals surface area contributed by atoms with Gasteiger partial charge in [0.2, 0.25) is 5.91 Å². The van der Waals surface area contributed by atoms with Gasteiger partial charge in [0.25, 0.3) is 5.91 Å². The fourth-order valence-electron chi connectivity index (χ4n) is 3.03. The van der Waals surface area contributed by atoms with E-state index in [0.717, 1.165) is 0 Å². The van der Waals surface area contributed by atoms with Gasteiger partial charge in [-0.1, -0.05) is 24.3 Å². The minimum atomic E-state index is -0.689. The molecule has 0 bridgehead atoms. The molecule has 0 N–H and O–H groups in total. The van der Waals surface area contributed by atoms with Crippen molar-refractivity contribution in [3.63, 3.8) is 0 Å². The summed E-state index contributed by atoms with van der Waals surface area (Å²) in [6.07, 6.45) is 0. The molecule has 6 heteroatoms. The Kier molecular flexibility index (Phi) is 4.70. The Morgan fingerprint density at radius 2 is 1.80 bits per heavy atom. The summed E-state index contributed by atoms with van der Waals surface area (Å²) in [4.78, 5) is 28.5. The predicted octanol–water partition coefficient (Wildman–Crippen LogP) is 2.71. The van der Waals surface area contributed by atoms with Gasteiger partial charge in [-0.2, -0.15) is 0 Å². The van der Waals surface area contributed by atoms with E-state index in [9.17, 15) is 14.0 Å². The summed E-state index contributed by atoms with van der Waals surface area (Å²) < 4.78 is 19.2. The summed E-state index contributed by atoms with van der Waals surface area (Å²) in [5.41, 5.74) is 0.646. The van der Waals surface area contributed by atoms with E-state index in [1.165, 1.54) is 23.0 Å². The highest BCUT2D eigenvalue weighted by Gasteiger charge is 2.36. The number of anilines is 1. The number of carbonyl (C=O) groups excluding carboxylic acids is 2. The van der Waals surface area contributed by atoms with Crippen LogP contribution in [0.5, 0.6) is 5.75 Å². The van der Waals surface area contributed by atoms with Crippen LogP contribution in [0.15, 0.2) is 48.5 Å². The van der Waals surface area contributed by atoms with Crippen molar-refractivity contribution < 1.29 is 18.7 Å². The maximum atomic E-state index is 14.0. The van der Waals surface area contributed by atoms with E-state index in [2.05, 4.69) is 0 Å². The van der Waals surface area contributed by atoms with Gasteiger partial charge in [-0.3, -0.25) is 9.59 Å². The zero-order chi connectivity index (χ0) is 18.0. The molecule has 2 aromatic carbocycles. The van der Waals surface area contributed by atoms with Gasteiger partial charge in [0.05, 0.1) is 18.4 Å². The molecule has 1 heterocycles. The molecular formula is C19H19FN2O3. The lowest BCUT2D eigenvalue weighted by atomic mass is 10.1. The molecule has 1 aliphatic rings. The lowest BCUT2D eigenvalue weighted by Crippen LogP contribution is -2.58. The van der Waals surface area contributed by atoms with E-state index >= 15 is 0 Å². The zero-order valence-corrected chi connectivity index (χ0v) is 14.1. The molecule has 2 amide bonds. The molecule has 0 saturated carbocycles. The number of piperazine rings is 1. The smallest absolute Gasteiger partial charge is 0.258 e. The van der Waals surface area contributed by atoms with Gasteiger partial charge in [-0.25, -0.2) is 4.39 Å². The van der Waals surface area contributed by atoms with Gasteiger partial charge in [-0.05, 0) is 31.2 Å². The van der Waals surface area contributed by atoms with Crippen molar-refractivity contribution in [2.75, 3.05) is 25.1 Å². The van der Waals surface area contributed by atoms with Crippen molar-refractivity contribution in [2.45, 2.75) is 13.0 Å². The summed E-state index contributed by atoms with van der Waals surface area (Å²) in [6.45, 7) is 2.21. The third-order valence-electron chi connectivity index (χ3n) is 4.40. The van der Waals surface area contributed by atoms with Gasteiger partial charge in [0.15, 0.2) is 0 Å². The van der Waals surface area contributed by atoms with Crippen LogP contribution in [-0.4, -0.2) is 43.0 Å². The SMILES string of the molecule is COc1ccccc1C(=O)N1CCN(c2ccccc2F)C(=O)C1C. The summed E-state index contributed by atoms with van der Waals surface area (Å²) in [5.74, 6) is -0.567. The molecule has 5 nitrogen and oxygen atoms in total. The third-order valence-corrected chi connectivity index (χ3v) is 4.40. The molecule has 2 aromatic rings. The van der Waals surface area contributed by atoms with Gasteiger partial charge in [0.1, 0.15) is 17.6 Å². The number of nitrogens with zero attached hydrogens (tertiary/aromatic N) is 2. The largest absolute Gasteiger partial charge is 0.496 e. The minimum absolute atomic E-state index is 0.240. The van der Waals surface area contributed by atoms with E-state index in [0.29, 0.717) is 17.9 Å². The number of hydrogen-bond donors (Lipinski definition) is 0. The van der Waals surface area contributed by atoms with E-state index in [1.807, 2.05) is 0 Å². The van der Waals surface area contributed by atoms with Gasteiger partial charge < -0.3 is 14.5 Å². The fourth-order valence-corrected chi connectivity index (χ4v) is 3.03. The second kappa shape index (κ2) is 6.93. The quantitative estimate of drug-likeness (QED) is 0.862. The van der Waals surface area contributed by atoms with Crippen LogP contribution >= 0.6 is 0 Å². The summed E-state index contributed by atoms with van der Waals surface area (Å²) in [5, 5.41) is 0. The number of benzene rings is 2. The Bertz CT molecular complexity index is 809. The Morgan fingerprint density at radius 1 is 1.12 bits per heavy atom. The third kappa shape index (κ3) is 3.07. The average Bonchev–Trinajstić information content (AvgIpc) is 2.64. The molecule has 0 radical (unpaired) electrons. The molecule has 130 valence electrons. The van der Waals surface area contributed by atoms with Crippen LogP contribution in [-0.2, 0) is 4.79 Å². The van der Waals surface area contributed by atoms with Crippen LogP contribution < -0.4 is 9.64 Å². The van der Waals surface area contributed by atoms with E-state index in [4.69, 9.17) is 4.74 Å². The standard InChI is InChI=1S/C19H19FN2O3/c1-13-18(23)22(16-9-5-4-8-15(16)20)12-11-21(13)19(24)14-7-3-6-10-17(14)25-2/h3-10,13H,11-12H2,1-2H3. The predicted molar refractivity (Wildman–Crippen MR) is 92.2 cm³/mol. The second-order valence-corrected chi connectivity index (χ2v) is 5.82. The lowest BCUT2D eigenvalue weighted by molar-refractivity contribution is -0.124.